The predicted molar refractivity (Wildman–Crippen MR) is 72.0 cm³/mol. The second-order valence-electron chi connectivity index (χ2n) is 3.95. The van der Waals surface area contributed by atoms with Crippen molar-refractivity contribution in [2.45, 2.75) is 6.92 Å². The highest BCUT2D eigenvalue weighted by Gasteiger charge is 2.03. The van der Waals surface area contributed by atoms with E-state index in [1.165, 1.54) is 16.7 Å². The van der Waals surface area contributed by atoms with E-state index in [1.807, 2.05) is 19.3 Å². The Morgan fingerprint density at radius 1 is 1.06 bits per heavy atom. The lowest BCUT2D eigenvalue weighted by atomic mass is 10.1. The zero-order valence-electron chi connectivity index (χ0n) is 9.34. The van der Waals surface area contributed by atoms with Crippen molar-refractivity contribution in [2.75, 3.05) is 5.73 Å². The highest BCUT2D eigenvalue weighted by molar-refractivity contribution is 7.18. The van der Waals surface area contributed by atoms with Gasteiger partial charge in [0.25, 0.3) is 0 Å². The number of nitrogens with zero attached hydrogens (tertiary/aromatic N) is 2. The fraction of sp³-hybridized carbons (Fsp3) is 0.0769. The zero-order chi connectivity index (χ0) is 11.8. The van der Waals surface area contributed by atoms with E-state index in [-0.39, 0.29) is 0 Å². The van der Waals surface area contributed by atoms with Crippen LogP contribution in [-0.2, 0) is 0 Å². The largest absolute Gasteiger partial charge is 0.375 e. The average molecular weight is 241 g/mol. The molecule has 0 unspecified atom stereocenters. The number of fused-ring (bicyclic) bond motifs is 1. The van der Waals surface area contributed by atoms with Gasteiger partial charge in [0.1, 0.15) is 0 Å². The molecule has 0 aliphatic rings. The van der Waals surface area contributed by atoms with Gasteiger partial charge in [-0.2, -0.15) is 0 Å². The molecule has 0 fully saturated rings. The average Bonchev–Trinajstić information content (AvgIpc) is 2.75. The Hall–Kier alpha value is -1.94. The first kappa shape index (κ1) is 10.2. The van der Waals surface area contributed by atoms with E-state index in [1.54, 1.807) is 0 Å². The number of nitrogens with two attached hydrogens (primary N) is 1. The molecule has 3 nitrogen and oxygen atoms in total. The van der Waals surface area contributed by atoms with Gasteiger partial charge in [0.05, 0.1) is 4.88 Å². The lowest BCUT2D eigenvalue weighted by Crippen LogP contribution is -1.81. The van der Waals surface area contributed by atoms with Gasteiger partial charge in [0.15, 0.2) is 5.13 Å². The maximum absolute atomic E-state index is 5.65. The molecule has 0 amide bonds. The summed E-state index contributed by atoms with van der Waals surface area (Å²) in [6.07, 6.45) is 3.71. The van der Waals surface area contributed by atoms with Gasteiger partial charge in [-0.05, 0) is 30.0 Å². The van der Waals surface area contributed by atoms with Gasteiger partial charge >= 0.3 is 0 Å². The molecule has 17 heavy (non-hydrogen) atoms. The van der Waals surface area contributed by atoms with E-state index in [9.17, 15) is 0 Å². The minimum absolute atomic E-state index is 0.603. The van der Waals surface area contributed by atoms with Crippen molar-refractivity contribution in [2.24, 2.45) is 0 Å². The van der Waals surface area contributed by atoms with Gasteiger partial charge in [-0.3, -0.25) is 4.98 Å². The summed E-state index contributed by atoms with van der Waals surface area (Å²) in [7, 11) is 0. The Kier molecular flexibility index (Phi) is 2.30. The Morgan fingerprint density at radius 3 is 2.71 bits per heavy atom. The number of nitrogen functional groups attached to an aromatic ring is 1. The molecule has 0 atom stereocenters. The van der Waals surface area contributed by atoms with E-state index < -0.39 is 0 Å². The van der Waals surface area contributed by atoms with Crippen LogP contribution in [0.4, 0.5) is 5.13 Å². The number of aromatic nitrogens is 2. The van der Waals surface area contributed by atoms with Crippen molar-refractivity contribution in [1.82, 2.24) is 9.97 Å². The van der Waals surface area contributed by atoms with E-state index >= 15 is 0 Å². The van der Waals surface area contributed by atoms with Crippen LogP contribution in [0, 0.1) is 6.92 Å². The van der Waals surface area contributed by atoms with Crippen molar-refractivity contribution in [3.63, 3.8) is 0 Å². The molecule has 0 aliphatic carbocycles. The molecule has 0 bridgehead atoms. The molecular weight excluding hydrogens is 230 g/mol. The van der Waals surface area contributed by atoms with Crippen molar-refractivity contribution >= 4 is 27.2 Å². The third-order valence-electron chi connectivity index (χ3n) is 2.67. The number of benzene rings is 1. The summed E-state index contributed by atoms with van der Waals surface area (Å²) < 4.78 is 0. The number of hydrogen-bond acceptors (Lipinski definition) is 4. The summed E-state index contributed by atoms with van der Waals surface area (Å²) >= 11 is 1.50. The first-order valence-electron chi connectivity index (χ1n) is 5.30. The lowest BCUT2D eigenvalue weighted by Gasteiger charge is -2.01. The molecule has 84 valence electrons. The van der Waals surface area contributed by atoms with Crippen LogP contribution in [0.5, 0.6) is 0 Å². The van der Waals surface area contributed by atoms with Gasteiger partial charge in [0, 0.05) is 23.5 Å². The van der Waals surface area contributed by atoms with Crippen LogP contribution >= 0.6 is 11.3 Å². The van der Waals surface area contributed by atoms with Gasteiger partial charge in [0.2, 0.25) is 0 Å². The van der Waals surface area contributed by atoms with Crippen molar-refractivity contribution in [3.8, 4) is 10.4 Å². The minimum atomic E-state index is 0.603. The molecule has 0 saturated carbocycles. The third-order valence-corrected chi connectivity index (χ3v) is 3.54. The highest BCUT2D eigenvalue weighted by Crippen LogP contribution is 2.29. The first-order chi connectivity index (χ1) is 8.22. The maximum atomic E-state index is 5.65. The Bertz CT molecular complexity index is 688. The summed E-state index contributed by atoms with van der Waals surface area (Å²) in [4.78, 5) is 9.45. The molecule has 2 heterocycles. The van der Waals surface area contributed by atoms with Crippen LogP contribution in [0.3, 0.4) is 0 Å². The van der Waals surface area contributed by atoms with Crippen LogP contribution in [-0.4, -0.2) is 9.97 Å². The standard InChI is InChI=1S/C13H11N3S/c1-8-4-11-5-9(2-3-10(11)6-15-8)12-7-16-13(14)17-12/h2-7H,1H3,(H2,14,16). The van der Waals surface area contributed by atoms with Crippen molar-refractivity contribution in [1.29, 1.82) is 0 Å². The number of hydrogen-bond donors (Lipinski definition) is 1. The molecular formula is C13H11N3S. The normalized spacial score (nSPS) is 10.9. The topological polar surface area (TPSA) is 51.8 Å². The number of pyridine rings is 1. The fourth-order valence-electron chi connectivity index (χ4n) is 1.83. The predicted octanol–water partition coefficient (Wildman–Crippen LogP) is 3.25. The Morgan fingerprint density at radius 2 is 1.94 bits per heavy atom. The van der Waals surface area contributed by atoms with Gasteiger partial charge < -0.3 is 5.73 Å². The maximum Gasteiger partial charge on any atom is 0.180 e. The van der Waals surface area contributed by atoms with E-state index in [2.05, 4.69) is 34.2 Å². The quantitative estimate of drug-likeness (QED) is 0.711. The highest BCUT2D eigenvalue weighted by atomic mass is 32.1. The summed E-state index contributed by atoms with van der Waals surface area (Å²) in [5.41, 5.74) is 7.83. The molecule has 3 aromatic rings. The number of thiazole rings is 1. The lowest BCUT2D eigenvalue weighted by molar-refractivity contribution is 1.22. The zero-order valence-corrected chi connectivity index (χ0v) is 10.2. The van der Waals surface area contributed by atoms with E-state index in [0.717, 1.165) is 21.5 Å². The second kappa shape index (κ2) is 3.82. The molecule has 1 aromatic carbocycles. The van der Waals surface area contributed by atoms with Crippen LogP contribution in [0.2, 0.25) is 0 Å². The fourth-order valence-corrected chi connectivity index (χ4v) is 2.51. The minimum Gasteiger partial charge on any atom is -0.375 e. The Balaban J connectivity index is 2.18. The summed E-state index contributed by atoms with van der Waals surface area (Å²) in [6, 6.07) is 8.39. The second-order valence-corrected chi connectivity index (χ2v) is 5.01. The summed E-state index contributed by atoms with van der Waals surface area (Å²) in [5.74, 6) is 0. The molecule has 0 radical (unpaired) electrons. The van der Waals surface area contributed by atoms with Crippen molar-refractivity contribution < 1.29 is 0 Å². The monoisotopic (exact) mass is 241 g/mol. The molecule has 0 spiro atoms. The number of aryl methyl sites for hydroxylation is 1. The van der Waals surface area contributed by atoms with Crippen LogP contribution in [0.25, 0.3) is 21.2 Å². The van der Waals surface area contributed by atoms with Crippen LogP contribution < -0.4 is 5.73 Å². The molecule has 2 N–H and O–H groups in total. The number of anilines is 1. The SMILES string of the molecule is Cc1cc2cc(-c3cnc(N)s3)ccc2cn1. The van der Waals surface area contributed by atoms with Gasteiger partial charge in [-0.1, -0.05) is 23.5 Å². The summed E-state index contributed by atoms with van der Waals surface area (Å²) in [5, 5.41) is 2.95. The summed E-state index contributed by atoms with van der Waals surface area (Å²) in [6.45, 7) is 2.00. The van der Waals surface area contributed by atoms with Crippen molar-refractivity contribution in [3.05, 3.63) is 42.4 Å². The number of rotatable bonds is 1. The van der Waals surface area contributed by atoms with Gasteiger partial charge in [-0.15, -0.1) is 0 Å². The van der Waals surface area contributed by atoms with Crippen LogP contribution in [0.1, 0.15) is 5.69 Å². The third kappa shape index (κ3) is 1.87. The molecule has 3 rings (SSSR count). The van der Waals surface area contributed by atoms with E-state index in [4.69, 9.17) is 5.73 Å². The Labute approximate surface area is 103 Å². The molecule has 0 saturated heterocycles. The smallest absolute Gasteiger partial charge is 0.180 e. The van der Waals surface area contributed by atoms with Gasteiger partial charge in [-0.25, -0.2) is 4.98 Å². The molecule has 0 aliphatic heterocycles. The van der Waals surface area contributed by atoms with E-state index in [0.29, 0.717) is 5.13 Å². The molecule has 4 heteroatoms. The van der Waals surface area contributed by atoms with Crippen LogP contribution in [0.15, 0.2) is 36.7 Å². The molecule has 2 aromatic heterocycles. The first-order valence-corrected chi connectivity index (χ1v) is 6.12.